The summed E-state index contributed by atoms with van der Waals surface area (Å²) in [7, 11) is 4.20. The molecule has 1 aromatic carbocycles. The topological polar surface area (TPSA) is 126 Å². The minimum atomic E-state index is -1.23. The molecule has 0 aliphatic heterocycles. The number of benzene rings is 1. The number of urea groups is 1. The predicted molar refractivity (Wildman–Crippen MR) is 78.7 cm³/mol. The molecule has 3 amide bonds. The van der Waals surface area contributed by atoms with Gasteiger partial charge in [0.15, 0.2) is 17.6 Å². The molecule has 0 bridgehead atoms. The third-order valence-electron chi connectivity index (χ3n) is 2.83. The lowest BCUT2D eigenvalue weighted by atomic mass is 10.1. The zero-order chi connectivity index (χ0) is 17.6. The van der Waals surface area contributed by atoms with Crippen molar-refractivity contribution in [2.24, 2.45) is 5.73 Å². The second-order valence-electron chi connectivity index (χ2n) is 4.31. The lowest BCUT2D eigenvalue weighted by molar-refractivity contribution is -0.127. The van der Waals surface area contributed by atoms with E-state index in [4.69, 9.17) is 24.7 Å². The van der Waals surface area contributed by atoms with E-state index >= 15 is 0 Å². The zero-order valence-electron chi connectivity index (χ0n) is 13.2. The molecule has 0 spiro atoms. The van der Waals surface area contributed by atoms with Crippen molar-refractivity contribution in [2.75, 3.05) is 21.3 Å². The van der Waals surface area contributed by atoms with E-state index in [1.807, 2.05) is 5.32 Å². The summed E-state index contributed by atoms with van der Waals surface area (Å²) < 4.78 is 20.3. The Balaban J connectivity index is 3.03. The molecule has 0 aliphatic rings. The molecule has 0 aliphatic carbocycles. The maximum absolute atomic E-state index is 12.2. The molecule has 0 saturated carbocycles. The van der Waals surface area contributed by atoms with Gasteiger partial charge in [-0.25, -0.2) is 9.59 Å². The summed E-state index contributed by atoms with van der Waals surface area (Å²) in [6, 6.07) is 1.77. The number of hydrogen-bond acceptors (Lipinski definition) is 7. The third-order valence-corrected chi connectivity index (χ3v) is 2.83. The Morgan fingerprint density at radius 1 is 1.00 bits per heavy atom. The molecule has 0 fully saturated rings. The molecule has 9 heteroatoms. The van der Waals surface area contributed by atoms with Gasteiger partial charge >= 0.3 is 12.0 Å². The Hall–Kier alpha value is -2.97. The van der Waals surface area contributed by atoms with E-state index in [1.54, 1.807) is 0 Å². The van der Waals surface area contributed by atoms with Crippen molar-refractivity contribution in [1.29, 1.82) is 0 Å². The Morgan fingerprint density at radius 2 is 1.52 bits per heavy atom. The van der Waals surface area contributed by atoms with Gasteiger partial charge in [-0.15, -0.1) is 0 Å². The SMILES string of the molecule is COc1cc(OC)c(C(=O)O[C@H](C)C(=O)NC(N)=O)cc1OC. The number of nitrogens with two attached hydrogens (primary N) is 1. The predicted octanol–water partition coefficient (Wildman–Crippen LogP) is 0.453. The summed E-state index contributed by atoms with van der Waals surface area (Å²) >= 11 is 0. The van der Waals surface area contributed by atoms with Gasteiger partial charge in [-0.3, -0.25) is 10.1 Å². The first-order chi connectivity index (χ1) is 10.8. The van der Waals surface area contributed by atoms with Crippen molar-refractivity contribution >= 4 is 17.9 Å². The van der Waals surface area contributed by atoms with Crippen LogP contribution in [0.2, 0.25) is 0 Å². The van der Waals surface area contributed by atoms with Gasteiger partial charge in [0.2, 0.25) is 0 Å². The monoisotopic (exact) mass is 326 g/mol. The highest BCUT2D eigenvalue weighted by molar-refractivity contribution is 5.99. The van der Waals surface area contributed by atoms with Gasteiger partial charge in [0.1, 0.15) is 11.3 Å². The standard InChI is InChI=1S/C14H18N2O7/c1-7(12(17)16-14(15)19)23-13(18)8-5-10(21-3)11(22-4)6-9(8)20-2/h5-7H,1-4H3,(H3,15,16,17,19)/t7-/m1/s1. The zero-order valence-corrected chi connectivity index (χ0v) is 13.2. The summed E-state index contributed by atoms with van der Waals surface area (Å²) in [5.41, 5.74) is 4.86. The molecular weight excluding hydrogens is 308 g/mol. The quantitative estimate of drug-likeness (QED) is 0.727. The highest BCUT2D eigenvalue weighted by Gasteiger charge is 2.24. The number of primary amides is 1. The Morgan fingerprint density at radius 3 is 2.00 bits per heavy atom. The van der Waals surface area contributed by atoms with E-state index in [0.717, 1.165) is 0 Å². The van der Waals surface area contributed by atoms with Gasteiger partial charge in [-0.2, -0.15) is 0 Å². The number of hydrogen-bond donors (Lipinski definition) is 2. The smallest absolute Gasteiger partial charge is 0.342 e. The number of rotatable bonds is 6. The Kier molecular flexibility index (Phi) is 6.19. The van der Waals surface area contributed by atoms with E-state index in [-0.39, 0.29) is 17.1 Å². The minimum absolute atomic E-state index is 0.0314. The fourth-order valence-corrected chi connectivity index (χ4v) is 1.69. The number of carbonyl (C=O) groups is 3. The van der Waals surface area contributed by atoms with Crippen LogP contribution >= 0.6 is 0 Å². The van der Waals surface area contributed by atoms with Gasteiger partial charge < -0.3 is 24.7 Å². The summed E-state index contributed by atoms with van der Waals surface area (Å²) in [5.74, 6) is -0.856. The summed E-state index contributed by atoms with van der Waals surface area (Å²) in [4.78, 5) is 34.4. The number of esters is 1. The Bertz CT molecular complexity index is 615. The second-order valence-corrected chi connectivity index (χ2v) is 4.31. The first-order valence-corrected chi connectivity index (χ1v) is 6.45. The largest absolute Gasteiger partial charge is 0.496 e. The van der Waals surface area contributed by atoms with Gasteiger partial charge in [0.05, 0.1) is 21.3 Å². The summed E-state index contributed by atoms with van der Waals surface area (Å²) in [6.45, 7) is 1.30. The second kappa shape index (κ2) is 7.87. The number of nitrogens with one attached hydrogen (secondary N) is 1. The van der Waals surface area contributed by atoms with Crippen LogP contribution in [0, 0.1) is 0 Å². The van der Waals surface area contributed by atoms with Crippen LogP contribution in [0.1, 0.15) is 17.3 Å². The number of ether oxygens (including phenoxy) is 4. The molecule has 3 N–H and O–H groups in total. The first-order valence-electron chi connectivity index (χ1n) is 6.45. The molecule has 0 radical (unpaired) electrons. The van der Waals surface area contributed by atoms with Crippen LogP contribution in [0.3, 0.4) is 0 Å². The van der Waals surface area contributed by atoms with Gasteiger partial charge in [0, 0.05) is 12.1 Å². The fourth-order valence-electron chi connectivity index (χ4n) is 1.69. The third kappa shape index (κ3) is 4.50. The van der Waals surface area contributed by atoms with Crippen molar-refractivity contribution in [2.45, 2.75) is 13.0 Å². The van der Waals surface area contributed by atoms with Crippen molar-refractivity contribution < 1.29 is 33.3 Å². The van der Waals surface area contributed by atoms with Gasteiger partial charge in [-0.05, 0) is 6.92 Å². The van der Waals surface area contributed by atoms with Gasteiger partial charge in [0.25, 0.3) is 5.91 Å². The molecule has 1 rings (SSSR count). The van der Waals surface area contributed by atoms with Crippen molar-refractivity contribution in [3.63, 3.8) is 0 Å². The molecule has 126 valence electrons. The van der Waals surface area contributed by atoms with Gasteiger partial charge in [-0.1, -0.05) is 0 Å². The molecule has 0 unspecified atom stereocenters. The molecule has 0 saturated heterocycles. The Labute approximate surface area is 132 Å². The average molecular weight is 326 g/mol. The maximum Gasteiger partial charge on any atom is 0.342 e. The number of amides is 3. The molecule has 23 heavy (non-hydrogen) atoms. The lowest BCUT2D eigenvalue weighted by Gasteiger charge is -2.15. The van der Waals surface area contributed by atoms with Crippen molar-refractivity contribution in [1.82, 2.24) is 5.32 Å². The van der Waals surface area contributed by atoms with Crippen LogP contribution in [0.5, 0.6) is 17.2 Å². The van der Waals surface area contributed by atoms with Crippen molar-refractivity contribution in [3.05, 3.63) is 17.7 Å². The van der Waals surface area contributed by atoms with E-state index in [2.05, 4.69) is 0 Å². The number of carbonyl (C=O) groups excluding carboxylic acids is 3. The normalized spacial score (nSPS) is 11.1. The molecule has 1 aromatic rings. The fraction of sp³-hybridized carbons (Fsp3) is 0.357. The maximum atomic E-state index is 12.2. The van der Waals surface area contributed by atoms with Crippen LogP contribution in [-0.2, 0) is 9.53 Å². The van der Waals surface area contributed by atoms with Crippen LogP contribution in [-0.4, -0.2) is 45.3 Å². The molecule has 1 atom stereocenters. The van der Waals surface area contributed by atoms with Crippen LogP contribution in [0.25, 0.3) is 0 Å². The molecule has 0 aromatic heterocycles. The minimum Gasteiger partial charge on any atom is -0.496 e. The average Bonchev–Trinajstić information content (AvgIpc) is 2.52. The molecule has 0 heterocycles. The number of methoxy groups -OCH3 is 3. The first kappa shape index (κ1) is 18.1. The summed E-state index contributed by atoms with van der Waals surface area (Å²) in [5, 5.41) is 1.82. The van der Waals surface area contributed by atoms with E-state index < -0.39 is 24.0 Å². The van der Waals surface area contributed by atoms with Crippen LogP contribution in [0.15, 0.2) is 12.1 Å². The lowest BCUT2D eigenvalue weighted by Crippen LogP contribution is -2.42. The van der Waals surface area contributed by atoms with E-state index in [0.29, 0.717) is 5.75 Å². The molecule has 9 nitrogen and oxygen atoms in total. The summed E-state index contributed by atoms with van der Waals surface area (Å²) in [6.07, 6.45) is -1.23. The van der Waals surface area contributed by atoms with Crippen LogP contribution < -0.4 is 25.3 Å². The highest BCUT2D eigenvalue weighted by Crippen LogP contribution is 2.35. The van der Waals surface area contributed by atoms with E-state index in [9.17, 15) is 14.4 Å². The van der Waals surface area contributed by atoms with Crippen LogP contribution in [0.4, 0.5) is 4.79 Å². The van der Waals surface area contributed by atoms with E-state index in [1.165, 1.54) is 40.4 Å². The van der Waals surface area contributed by atoms with Crippen molar-refractivity contribution in [3.8, 4) is 17.2 Å². The highest BCUT2D eigenvalue weighted by atomic mass is 16.6. The number of imide groups is 1. The molecular formula is C14H18N2O7.